The molecule has 2 aliphatic rings. The molecule has 0 saturated carbocycles. The molecule has 1 saturated heterocycles. The lowest BCUT2D eigenvalue weighted by Crippen LogP contribution is -2.41. The molecular formula is C22H33NO5. The topological polar surface area (TPSA) is 65.1 Å². The van der Waals surface area contributed by atoms with E-state index < -0.39 is 17.9 Å². The van der Waals surface area contributed by atoms with Crippen molar-refractivity contribution in [2.75, 3.05) is 13.2 Å². The molecule has 1 fully saturated rings. The Labute approximate surface area is 168 Å². The van der Waals surface area contributed by atoms with Gasteiger partial charge in [-0.3, -0.25) is 4.79 Å². The number of amides is 1. The molecule has 1 aliphatic heterocycles. The van der Waals surface area contributed by atoms with Gasteiger partial charge in [0.15, 0.2) is 5.79 Å². The van der Waals surface area contributed by atoms with Crippen LogP contribution in [0.25, 0.3) is 0 Å². The van der Waals surface area contributed by atoms with E-state index in [9.17, 15) is 9.59 Å². The third kappa shape index (κ3) is 6.31. The van der Waals surface area contributed by atoms with Crippen LogP contribution in [0.5, 0.6) is 0 Å². The van der Waals surface area contributed by atoms with E-state index in [2.05, 4.69) is 6.08 Å². The van der Waals surface area contributed by atoms with Gasteiger partial charge in [0.1, 0.15) is 6.10 Å². The zero-order valence-electron chi connectivity index (χ0n) is 17.6. The lowest BCUT2D eigenvalue weighted by atomic mass is 9.93. The van der Waals surface area contributed by atoms with Gasteiger partial charge >= 0.3 is 5.97 Å². The first-order chi connectivity index (χ1) is 13.2. The number of hydrogen-bond acceptors (Lipinski definition) is 5. The molecule has 0 aromatic carbocycles. The minimum atomic E-state index is -0.520. The van der Waals surface area contributed by atoms with E-state index in [1.54, 1.807) is 24.0 Å². The molecule has 1 atom stereocenters. The molecule has 1 amide bonds. The first kappa shape index (κ1) is 22.4. The lowest BCUT2D eigenvalue weighted by molar-refractivity contribution is -0.162. The van der Waals surface area contributed by atoms with Crippen molar-refractivity contribution in [1.29, 1.82) is 0 Å². The van der Waals surface area contributed by atoms with E-state index in [-0.39, 0.29) is 18.0 Å². The summed E-state index contributed by atoms with van der Waals surface area (Å²) in [6, 6.07) is 0.218. The second kappa shape index (κ2) is 10.0. The van der Waals surface area contributed by atoms with Crippen LogP contribution in [0.15, 0.2) is 36.0 Å². The van der Waals surface area contributed by atoms with Crippen LogP contribution in [-0.4, -0.2) is 54.0 Å². The molecule has 0 bridgehead atoms. The van der Waals surface area contributed by atoms with Crippen LogP contribution in [0.1, 0.15) is 53.9 Å². The van der Waals surface area contributed by atoms with E-state index in [1.807, 2.05) is 27.7 Å². The Morgan fingerprint density at radius 2 is 1.75 bits per heavy atom. The molecule has 0 N–H and O–H groups in total. The number of carbonyl (C=O) groups is 2. The van der Waals surface area contributed by atoms with E-state index in [4.69, 9.17) is 14.2 Å². The molecule has 1 unspecified atom stereocenters. The standard InChI is InChI=1S/C22H33NO5/c1-16(2)23(17(3)4)20(24)10-8-18(5)28-21(25)11-9-19-7-6-12-22(15-19)26-13-14-27-22/h7-11,16-18H,6,12-15H2,1-5H3/b10-8-,11-9+. The Morgan fingerprint density at radius 1 is 1.11 bits per heavy atom. The van der Waals surface area contributed by atoms with Crippen LogP contribution in [0.3, 0.4) is 0 Å². The maximum Gasteiger partial charge on any atom is 0.331 e. The molecule has 6 nitrogen and oxygen atoms in total. The van der Waals surface area contributed by atoms with Gasteiger partial charge in [0.25, 0.3) is 0 Å². The van der Waals surface area contributed by atoms with Gasteiger partial charge in [0.05, 0.1) is 13.2 Å². The van der Waals surface area contributed by atoms with Gasteiger partial charge in [0.2, 0.25) is 5.91 Å². The van der Waals surface area contributed by atoms with Gasteiger partial charge in [-0.05, 0) is 52.7 Å². The largest absolute Gasteiger partial charge is 0.455 e. The van der Waals surface area contributed by atoms with Crippen LogP contribution in [-0.2, 0) is 23.8 Å². The summed E-state index contributed by atoms with van der Waals surface area (Å²) in [5.41, 5.74) is 1.01. The van der Waals surface area contributed by atoms with E-state index in [0.29, 0.717) is 19.6 Å². The summed E-state index contributed by atoms with van der Waals surface area (Å²) in [7, 11) is 0. The smallest absolute Gasteiger partial charge is 0.331 e. The number of rotatable bonds is 7. The summed E-state index contributed by atoms with van der Waals surface area (Å²) in [6.45, 7) is 10.9. The highest BCUT2D eigenvalue weighted by Crippen LogP contribution is 2.36. The number of ether oxygens (including phenoxy) is 3. The molecule has 1 spiro atoms. The van der Waals surface area contributed by atoms with Gasteiger partial charge in [-0.15, -0.1) is 0 Å². The zero-order chi connectivity index (χ0) is 20.7. The fourth-order valence-electron chi connectivity index (χ4n) is 3.67. The minimum Gasteiger partial charge on any atom is -0.455 e. The average molecular weight is 392 g/mol. The monoisotopic (exact) mass is 391 g/mol. The van der Waals surface area contributed by atoms with Crippen LogP contribution in [0.4, 0.5) is 0 Å². The van der Waals surface area contributed by atoms with Crippen molar-refractivity contribution in [2.45, 2.75) is 77.9 Å². The Balaban J connectivity index is 1.84. The second-order valence-electron chi connectivity index (χ2n) is 7.87. The zero-order valence-corrected chi connectivity index (χ0v) is 17.6. The molecule has 2 rings (SSSR count). The quantitative estimate of drug-likeness (QED) is 0.491. The number of nitrogens with zero attached hydrogens (tertiary/aromatic N) is 1. The van der Waals surface area contributed by atoms with E-state index in [0.717, 1.165) is 18.4 Å². The van der Waals surface area contributed by atoms with Gasteiger partial charge in [-0.2, -0.15) is 0 Å². The highest BCUT2D eigenvalue weighted by atomic mass is 16.7. The van der Waals surface area contributed by atoms with E-state index in [1.165, 1.54) is 12.2 Å². The minimum absolute atomic E-state index is 0.0855. The van der Waals surface area contributed by atoms with Crippen LogP contribution in [0, 0.1) is 0 Å². The third-order valence-corrected chi connectivity index (χ3v) is 4.83. The predicted molar refractivity (Wildman–Crippen MR) is 108 cm³/mol. The molecule has 156 valence electrons. The van der Waals surface area contributed by atoms with Crippen molar-refractivity contribution in [3.63, 3.8) is 0 Å². The predicted octanol–water partition coefficient (Wildman–Crippen LogP) is 3.53. The first-order valence-electron chi connectivity index (χ1n) is 10.1. The Morgan fingerprint density at radius 3 is 2.36 bits per heavy atom. The normalized spacial score (nSPS) is 20.3. The number of esters is 1. The fourth-order valence-corrected chi connectivity index (χ4v) is 3.67. The van der Waals surface area contributed by atoms with Crippen molar-refractivity contribution < 1.29 is 23.8 Å². The number of allylic oxidation sites excluding steroid dienone is 2. The third-order valence-electron chi connectivity index (χ3n) is 4.83. The molecule has 0 aromatic heterocycles. The fraction of sp³-hybridized carbons (Fsp3) is 0.636. The second-order valence-corrected chi connectivity index (χ2v) is 7.87. The molecule has 0 aromatic rings. The van der Waals surface area contributed by atoms with Crippen LogP contribution in [0.2, 0.25) is 0 Å². The van der Waals surface area contributed by atoms with Gasteiger partial charge in [-0.25, -0.2) is 4.79 Å². The summed E-state index contributed by atoms with van der Waals surface area (Å²) in [4.78, 5) is 26.2. The van der Waals surface area contributed by atoms with Gasteiger partial charge < -0.3 is 19.1 Å². The van der Waals surface area contributed by atoms with E-state index >= 15 is 0 Å². The van der Waals surface area contributed by atoms with Gasteiger partial charge in [-0.1, -0.05) is 12.2 Å². The lowest BCUT2D eigenvalue weighted by Gasteiger charge is -2.30. The first-order valence-corrected chi connectivity index (χ1v) is 10.1. The summed E-state index contributed by atoms with van der Waals surface area (Å²) in [6.07, 6.45) is 10.2. The van der Waals surface area contributed by atoms with Crippen molar-refractivity contribution in [3.8, 4) is 0 Å². The van der Waals surface area contributed by atoms with Crippen molar-refractivity contribution in [3.05, 3.63) is 36.0 Å². The van der Waals surface area contributed by atoms with Crippen LogP contribution < -0.4 is 0 Å². The average Bonchev–Trinajstić information content (AvgIpc) is 3.05. The Bertz CT molecular complexity index is 633. The summed E-state index contributed by atoms with van der Waals surface area (Å²) in [5.74, 6) is -1.05. The maximum atomic E-state index is 12.3. The SMILES string of the molecule is CC(/C=C\C(=O)N(C(C)C)C(C)C)OC(=O)/C=C/C1=CCCC2(C1)OCCO2. The summed E-state index contributed by atoms with van der Waals surface area (Å²) in [5, 5.41) is 0. The molecule has 1 aliphatic carbocycles. The molecule has 28 heavy (non-hydrogen) atoms. The summed E-state index contributed by atoms with van der Waals surface area (Å²) < 4.78 is 16.8. The highest BCUT2D eigenvalue weighted by molar-refractivity contribution is 5.88. The van der Waals surface area contributed by atoms with Crippen molar-refractivity contribution >= 4 is 11.9 Å². The highest BCUT2D eigenvalue weighted by Gasteiger charge is 2.38. The number of carbonyl (C=O) groups excluding carboxylic acids is 2. The van der Waals surface area contributed by atoms with Crippen molar-refractivity contribution in [2.24, 2.45) is 0 Å². The molecule has 6 heteroatoms. The Hall–Kier alpha value is -1.92. The van der Waals surface area contributed by atoms with Crippen molar-refractivity contribution in [1.82, 2.24) is 4.90 Å². The molecular weight excluding hydrogens is 358 g/mol. The molecule has 1 heterocycles. The summed E-state index contributed by atoms with van der Waals surface area (Å²) >= 11 is 0. The maximum absolute atomic E-state index is 12.3. The molecule has 0 radical (unpaired) electrons. The number of hydrogen-bond donors (Lipinski definition) is 0. The Kier molecular flexibility index (Phi) is 8.01. The van der Waals surface area contributed by atoms with Crippen LogP contribution >= 0.6 is 0 Å². The van der Waals surface area contributed by atoms with Gasteiger partial charge in [0, 0.05) is 37.1 Å².